The largest absolute Gasteiger partial charge is 0.504 e. The monoisotopic (exact) mass is 724 g/mol. The highest BCUT2D eigenvalue weighted by atomic mass is 35.5. The molecule has 8 N–H and O–H groups in total. The number of amides is 3. The third kappa shape index (κ3) is 7.13. The molecule has 3 aliphatic rings. The number of aromatic nitrogens is 1. The van der Waals surface area contributed by atoms with E-state index in [0.717, 1.165) is 48.2 Å². The second-order valence-electron chi connectivity index (χ2n) is 11.2. The molecule has 1 aromatic heterocycles. The van der Waals surface area contributed by atoms with Gasteiger partial charge in [0.2, 0.25) is 6.61 Å². The van der Waals surface area contributed by atoms with Gasteiger partial charge in [-0.3, -0.25) is 19.3 Å². The van der Waals surface area contributed by atoms with E-state index >= 15 is 0 Å². The van der Waals surface area contributed by atoms with Crippen LogP contribution < -0.4 is 16.4 Å². The van der Waals surface area contributed by atoms with E-state index in [1.165, 1.54) is 23.2 Å². The molecule has 2 aromatic rings. The Bertz CT molecular complexity index is 1730. The highest BCUT2D eigenvalue weighted by molar-refractivity contribution is 8.00. The summed E-state index contributed by atoms with van der Waals surface area (Å²) in [5.41, 5.74) is 5.66. The molecule has 0 saturated carbocycles. The summed E-state index contributed by atoms with van der Waals surface area (Å²) in [7, 11) is 0. The van der Waals surface area contributed by atoms with Crippen molar-refractivity contribution in [3.63, 3.8) is 0 Å². The fourth-order valence-electron chi connectivity index (χ4n) is 5.87. The van der Waals surface area contributed by atoms with E-state index in [0.29, 0.717) is 23.1 Å². The standard InChI is InChI=1S/C28H30ClN7O10S2/c29-18-14(3-4-16(37)22(18)40)23(41)31-5-8-36(6-1-2-7-36)9-13-11-47-26-20(25(43)35(26)21(13)27(44)45)33-24(42)19(34-46-10-17(38)39)15-12-48-28(30)32-15/h3-4,12,20,26H,1-2,5-11H2,(H7-,30,31,32,33,34,37,38,39,40,41,42,44,45)/p+1/t20-,26-/m1/s1. The van der Waals surface area contributed by atoms with Crippen LogP contribution in [0, 0.1) is 0 Å². The molecule has 17 nitrogen and oxygen atoms in total. The maximum Gasteiger partial charge on any atom is 0.352 e. The molecule has 3 aliphatic heterocycles. The van der Waals surface area contributed by atoms with Crippen molar-refractivity contribution in [2.45, 2.75) is 24.3 Å². The third-order valence-corrected chi connectivity index (χ3v) is 10.5. The zero-order valence-corrected chi connectivity index (χ0v) is 27.4. The quantitative estimate of drug-likeness (QED) is 0.0485. The number of carbonyl (C=O) groups excluding carboxylic acids is 3. The van der Waals surface area contributed by atoms with Gasteiger partial charge in [0, 0.05) is 29.5 Å². The molecule has 0 bridgehead atoms. The van der Waals surface area contributed by atoms with Gasteiger partial charge < -0.3 is 46.1 Å². The average Bonchev–Trinajstić information content (AvgIpc) is 3.69. The lowest BCUT2D eigenvalue weighted by atomic mass is 10.0. The number of hydrogen-bond acceptors (Lipinski definition) is 13. The van der Waals surface area contributed by atoms with E-state index in [1.54, 1.807) is 0 Å². The third-order valence-electron chi connectivity index (χ3n) is 8.11. The van der Waals surface area contributed by atoms with Crippen molar-refractivity contribution in [1.29, 1.82) is 0 Å². The van der Waals surface area contributed by atoms with Crippen molar-refractivity contribution >= 4 is 75.2 Å². The molecule has 3 amide bonds. The van der Waals surface area contributed by atoms with E-state index in [2.05, 4.69) is 20.8 Å². The Morgan fingerprint density at radius 1 is 1.19 bits per heavy atom. The number of β-lactam (4-membered cyclic amide) rings is 1. The lowest BCUT2D eigenvalue weighted by Gasteiger charge is -2.50. The summed E-state index contributed by atoms with van der Waals surface area (Å²) in [6.45, 7) is 1.61. The van der Waals surface area contributed by atoms with Crippen molar-refractivity contribution in [3.8, 4) is 11.5 Å². The number of rotatable bonds is 13. The fourth-order valence-corrected chi connectivity index (χ4v) is 8.00. The topological polar surface area (TPSA) is 254 Å². The van der Waals surface area contributed by atoms with Crippen LogP contribution in [0.1, 0.15) is 28.9 Å². The Morgan fingerprint density at radius 2 is 1.92 bits per heavy atom. The average molecular weight is 725 g/mol. The van der Waals surface area contributed by atoms with Gasteiger partial charge in [0.1, 0.15) is 29.4 Å². The second-order valence-corrected chi connectivity index (χ2v) is 13.6. The Morgan fingerprint density at radius 3 is 2.56 bits per heavy atom. The smallest absolute Gasteiger partial charge is 0.352 e. The molecule has 2 saturated heterocycles. The van der Waals surface area contributed by atoms with Crippen LogP contribution in [-0.4, -0.2) is 127 Å². The van der Waals surface area contributed by atoms with Crippen molar-refractivity contribution in [2.75, 3.05) is 50.8 Å². The predicted octanol–water partition coefficient (Wildman–Crippen LogP) is 0.374. The molecule has 20 heteroatoms. The first-order chi connectivity index (χ1) is 22.8. The molecule has 2 atom stereocenters. The van der Waals surface area contributed by atoms with Crippen LogP contribution in [0.15, 0.2) is 33.9 Å². The maximum absolute atomic E-state index is 13.4. The van der Waals surface area contributed by atoms with Gasteiger partial charge in [0.25, 0.3) is 17.7 Å². The summed E-state index contributed by atoms with van der Waals surface area (Å²) in [5.74, 6) is -5.48. The fraction of sp³-hybridized carbons (Fsp3) is 0.393. The summed E-state index contributed by atoms with van der Waals surface area (Å²) in [6.07, 6.45) is 1.77. The van der Waals surface area contributed by atoms with Gasteiger partial charge in [0.05, 0.1) is 36.8 Å². The Hall–Kier alpha value is -4.59. The number of phenolic OH excluding ortho intramolecular Hbond substituents is 2. The summed E-state index contributed by atoms with van der Waals surface area (Å²) in [4.78, 5) is 72.6. The lowest BCUT2D eigenvalue weighted by Crippen LogP contribution is -2.71. The van der Waals surface area contributed by atoms with Crippen LogP contribution >= 0.6 is 34.7 Å². The number of nitrogens with one attached hydrogen (secondary N) is 2. The van der Waals surface area contributed by atoms with Crippen LogP contribution in [-0.2, 0) is 24.0 Å². The number of anilines is 1. The van der Waals surface area contributed by atoms with Crippen LogP contribution in [0.2, 0.25) is 5.02 Å². The number of thiazole rings is 1. The SMILES string of the molecule is Nc1nc(/C(=N/OCC(=O)O)C(=O)N[C@@H]2C(=O)N3C(C(=O)O)=C(C[N+]4(CCNC(=O)c5ccc(O)c(O)c5Cl)CCCC4)CS[C@H]23)cs1. The van der Waals surface area contributed by atoms with Crippen molar-refractivity contribution in [1.82, 2.24) is 20.5 Å². The Balaban J connectivity index is 1.28. The lowest BCUT2D eigenvalue weighted by molar-refractivity contribution is -0.911. The number of phenols is 2. The summed E-state index contributed by atoms with van der Waals surface area (Å²) in [6, 6.07) is 1.35. The number of likely N-dealkylation sites (tertiary alicyclic amines) is 1. The number of halogens is 1. The number of nitrogen functional groups attached to an aromatic ring is 1. The van der Waals surface area contributed by atoms with Gasteiger partial charge in [-0.1, -0.05) is 16.8 Å². The minimum Gasteiger partial charge on any atom is -0.504 e. The number of thioether (sulfide) groups is 1. The first-order valence-corrected chi connectivity index (χ1v) is 16.8. The number of hydrogen-bond donors (Lipinski definition) is 7. The minimum absolute atomic E-state index is 0.00820. The van der Waals surface area contributed by atoms with E-state index in [9.17, 15) is 39.3 Å². The van der Waals surface area contributed by atoms with Crippen LogP contribution in [0.5, 0.6) is 11.5 Å². The maximum atomic E-state index is 13.4. The Labute approximate surface area is 285 Å². The molecular formula is C28H31ClN7O10S2+. The molecule has 48 heavy (non-hydrogen) atoms. The number of carboxylic acids is 2. The molecule has 5 rings (SSSR count). The van der Waals surface area contributed by atoms with Crippen LogP contribution in [0.3, 0.4) is 0 Å². The summed E-state index contributed by atoms with van der Waals surface area (Å²) >= 11 is 8.32. The zero-order chi connectivity index (χ0) is 34.7. The van der Waals surface area contributed by atoms with E-state index in [1.807, 2.05) is 0 Å². The number of fused-ring (bicyclic) bond motifs is 1. The molecule has 1 aromatic carbocycles. The zero-order valence-electron chi connectivity index (χ0n) is 25.0. The van der Waals surface area contributed by atoms with Crippen molar-refractivity contribution < 1.29 is 53.7 Å². The second kappa shape index (κ2) is 14.3. The van der Waals surface area contributed by atoms with Crippen molar-refractivity contribution in [3.05, 3.63) is 45.1 Å². The van der Waals surface area contributed by atoms with E-state index in [-0.39, 0.29) is 39.4 Å². The molecular weight excluding hydrogens is 694 g/mol. The van der Waals surface area contributed by atoms with Crippen LogP contribution in [0.4, 0.5) is 5.13 Å². The van der Waals surface area contributed by atoms with Gasteiger partial charge in [-0.25, -0.2) is 14.6 Å². The minimum atomic E-state index is -1.33. The number of carbonyl (C=O) groups is 5. The number of oxime groups is 1. The number of aromatic hydroxyl groups is 2. The number of nitrogens with zero attached hydrogens (tertiary/aromatic N) is 4. The highest BCUT2D eigenvalue weighted by Crippen LogP contribution is 2.41. The normalized spacial score (nSPS) is 20.1. The number of carboxylic acid groups (broad SMARTS) is 2. The van der Waals surface area contributed by atoms with Gasteiger partial charge in [-0.05, 0) is 12.1 Å². The first kappa shape index (κ1) is 34.7. The molecule has 0 unspecified atom stereocenters. The predicted molar refractivity (Wildman–Crippen MR) is 172 cm³/mol. The van der Waals surface area contributed by atoms with Gasteiger partial charge in [0.15, 0.2) is 22.3 Å². The number of aliphatic carboxylic acids is 2. The Kier molecular flexibility index (Phi) is 10.3. The highest BCUT2D eigenvalue weighted by Gasteiger charge is 2.55. The van der Waals surface area contributed by atoms with Crippen LogP contribution in [0.25, 0.3) is 0 Å². The molecule has 2 fully saturated rings. The van der Waals surface area contributed by atoms with Gasteiger partial charge >= 0.3 is 11.9 Å². The number of nitrogens with two attached hydrogens (primary N) is 1. The molecule has 4 heterocycles. The van der Waals surface area contributed by atoms with Gasteiger partial charge in [-0.2, -0.15) is 0 Å². The molecule has 0 spiro atoms. The van der Waals surface area contributed by atoms with Gasteiger partial charge in [-0.15, -0.1) is 23.1 Å². The number of quaternary nitrogens is 1. The summed E-state index contributed by atoms with van der Waals surface area (Å²) < 4.78 is 0.474. The molecule has 0 aliphatic carbocycles. The van der Waals surface area contributed by atoms with E-state index < -0.39 is 64.9 Å². The summed E-state index contributed by atoms with van der Waals surface area (Å²) in [5, 5.41) is 48.0. The first-order valence-electron chi connectivity index (χ1n) is 14.5. The number of benzene rings is 1. The van der Waals surface area contributed by atoms with E-state index in [4.69, 9.17) is 27.3 Å². The molecule has 256 valence electrons. The van der Waals surface area contributed by atoms with Crippen molar-refractivity contribution in [2.24, 2.45) is 5.16 Å². The molecule has 0 radical (unpaired) electrons.